The molecule has 0 radical (unpaired) electrons. The van der Waals surface area contributed by atoms with Crippen molar-refractivity contribution in [3.8, 4) is 0 Å². The Labute approximate surface area is 180 Å². The van der Waals surface area contributed by atoms with Gasteiger partial charge in [0.05, 0.1) is 12.7 Å². The van der Waals surface area contributed by atoms with Gasteiger partial charge < -0.3 is 4.74 Å². The quantitative estimate of drug-likeness (QED) is 0.0925. The Morgan fingerprint density at radius 2 is 1.07 bits per heavy atom. The summed E-state index contributed by atoms with van der Waals surface area (Å²) in [6, 6.07) is 0. The molecule has 0 amide bonds. The lowest BCUT2D eigenvalue weighted by Gasteiger charge is -2.15. The molecule has 0 aromatic carbocycles. The molecule has 1 aliphatic heterocycles. The normalized spacial score (nSPS) is 17.6. The molecule has 1 rings (SSSR count). The predicted molar refractivity (Wildman–Crippen MR) is 130 cm³/mol. The van der Waals surface area contributed by atoms with Crippen LogP contribution < -0.4 is 0 Å². The van der Waals surface area contributed by atoms with Crippen LogP contribution in [0.25, 0.3) is 0 Å². The van der Waals surface area contributed by atoms with E-state index in [9.17, 15) is 0 Å². The van der Waals surface area contributed by atoms with E-state index >= 15 is 0 Å². The van der Waals surface area contributed by atoms with Crippen LogP contribution in [0.1, 0.15) is 136 Å². The minimum atomic E-state index is 0.633. The number of hydrogen-bond acceptors (Lipinski definition) is 1. The molecule has 3 atom stereocenters. The molecule has 0 spiro atoms. The third-order valence-corrected chi connectivity index (χ3v) is 7.80. The van der Waals surface area contributed by atoms with Gasteiger partial charge in [0.25, 0.3) is 0 Å². The van der Waals surface area contributed by atoms with Gasteiger partial charge >= 0.3 is 0 Å². The minimum Gasteiger partial charge on any atom is -0.373 e. The molecule has 1 saturated heterocycles. The topological polar surface area (TPSA) is 12.5 Å². The van der Waals surface area contributed by atoms with Gasteiger partial charge in [0.1, 0.15) is 0 Å². The first-order valence-electron chi connectivity index (χ1n) is 13.2. The number of ether oxygens (including phenoxy) is 1. The van der Waals surface area contributed by atoms with Gasteiger partial charge in [-0.2, -0.15) is 0 Å². The summed E-state index contributed by atoms with van der Waals surface area (Å²) in [6.45, 7) is 5.66. The maximum Gasteiger partial charge on any atom is 0.0812 e. The van der Waals surface area contributed by atoms with Crippen molar-refractivity contribution in [1.82, 2.24) is 0 Å². The summed E-state index contributed by atoms with van der Waals surface area (Å²) in [5.74, 6) is 0.953. The second-order valence-electron chi connectivity index (χ2n) is 9.33. The molecule has 1 nitrogen and oxygen atoms in total. The molecule has 0 aromatic rings. The predicted octanol–water partition coefficient (Wildman–Crippen LogP) is 9.13. The highest BCUT2D eigenvalue weighted by Gasteiger charge is 2.26. The standard InChI is InChI=1S/C26H53OP/c1-3-5-7-9-10-11-12-13-17-21-28-22-18-14-16-20-25(23-26-24-27-26)19-15-8-6-4-2/h25-26,28H,3-24H2,1-2H3. The van der Waals surface area contributed by atoms with Crippen LogP contribution in [0.4, 0.5) is 0 Å². The van der Waals surface area contributed by atoms with Crippen molar-refractivity contribution in [2.75, 3.05) is 18.9 Å². The molecule has 3 unspecified atom stereocenters. The molecule has 0 saturated carbocycles. The monoisotopic (exact) mass is 412 g/mol. The maximum absolute atomic E-state index is 5.50. The second kappa shape index (κ2) is 20.7. The maximum atomic E-state index is 5.50. The number of hydrogen-bond donors (Lipinski definition) is 0. The van der Waals surface area contributed by atoms with E-state index in [-0.39, 0.29) is 0 Å². The second-order valence-corrected chi connectivity index (χ2v) is 10.8. The first kappa shape index (κ1) is 26.4. The summed E-state index contributed by atoms with van der Waals surface area (Å²) in [5.41, 5.74) is 0. The Hall–Kier alpha value is 0.390. The van der Waals surface area contributed by atoms with E-state index in [0.717, 1.165) is 12.5 Å². The summed E-state index contributed by atoms with van der Waals surface area (Å²) in [6.07, 6.45) is 31.2. The van der Waals surface area contributed by atoms with Crippen LogP contribution in [0.3, 0.4) is 0 Å². The van der Waals surface area contributed by atoms with E-state index in [2.05, 4.69) is 13.8 Å². The van der Waals surface area contributed by atoms with Gasteiger partial charge in [-0.3, -0.25) is 0 Å². The highest BCUT2D eigenvalue weighted by Crippen LogP contribution is 2.28. The van der Waals surface area contributed by atoms with Gasteiger partial charge in [-0.15, -0.1) is 8.58 Å². The van der Waals surface area contributed by atoms with E-state index in [1.807, 2.05) is 0 Å². The summed E-state index contributed by atoms with van der Waals surface area (Å²) in [7, 11) is 1.24. The molecule has 1 heterocycles. The molecular weight excluding hydrogens is 359 g/mol. The van der Waals surface area contributed by atoms with Gasteiger partial charge in [-0.05, 0) is 37.5 Å². The van der Waals surface area contributed by atoms with Crippen LogP contribution in [-0.4, -0.2) is 25.0 Å². The first-order valence-corrected chi connectivity index (χ1v) is 14.6. The molecule has 0 bridgehead atoms. The lowest BCUT2D eigenvalue weighted by atomic mass is 9.91. The zero-order chi connectivity index (χ0) is 20.1. The zero-order valence-electron chi connectivity index (χ0n) is 19.6. The average molecular weight is 413 g/mol. The molecule has 0 N–H and O–H groups in total. The van der Waals surface area contributed by atoms with Crippen LogP contribution in [0.15, 0.2) is 0 Å². The van der Waals surface area contributed by atoms with Crippen molar-refractivity contribution in [2.45, 2.75) is 142 Å². The van der Waals surface area contributed by atoms with Crippen molar-refractivity contribution in [1.29, 1.82) is 0 Å². The SMILES string of the molecule is CCCCCCCCCCCPCCCCCC(CCCCCC)CC1CO1. The lowest BCUT2D eigenvalue weighted by Crippen LogP contribution is -2.05. The van der Waals surface area contributed by atoms with Crippen molar-refractivity contribution < 1.29 is 4.74 Å². The number of rotatable bonds is 23. The van der Waals surface area contributed by atoms with Gasteiger partial charge in [0.2, 0.25) is 0 Å². The molecule has 1 aliphatic rings. The van der Waals surface area contributed by atoms with E-state index in [0.29, 0.717) is 6.10 Å². The van der Waals surface area contributed by atoms with E-state index < -0.39 is 0 Å². The molecule has 2 heteroatoms. The Bertz CT molecular complexity index is 303. The summed E-state index contributed by atoms with van der Waals surface area (Å²) < 4.78 is 5.50. The molecule has 28 heavy (non-hydrogen) atoms. The lowest BCUT2D eigenvalue weighted by molar-refractivity contribution is 0.318. The Kier molecular flexibility index (Phi) is 19.5. The average Bonchev–Trinajstić information content (AvgIpc) is 3.52. The fourth-order valence-corrected chi connectivity index (χ4v) is 5.61. The fourth-order valence-electron chi connectivity index (χ4n) is 4.36. The van der Waals surface area contributed by atoms with Crippen LogP contribution in [0.2, 0.25) is 0 Å². The van der Waals surface area contributed by atoms with Crippen molar-refractivity contribution in [3.05, 3.63) is 0 Å². The number of unbranched alkanes of at least 4 members (excludes halogenated alkanes) is 13. The Morgan fingerprint density at radius 3 is 1.57 bits per heavy atom. The van der Waals surface area contributed by atoms with Gasteiger partial charge in [-0.25, -0.2) is 0 Å². The molecule has 168 valence electrons. The molecule has 0 aliphatic carbocycles. The molecule has 1 fully saturated rings. The zero-order valence-corrected chi connectivity index (χ0v) is 20.6. The largest absolute Gasteiger partial charge is 0.373 e. The highest BCUT2D eigenvalue weighted by molar-refractivity contribution is 7.37. The molecular formula is C26H53OP. The fraction of sp³-hybridized carbons (Fsp3) is 1.00. The highest BCUT2D eigenvalue weighted by atomic mass is 31.1. The summed E-state index contributed by atoms with van der Waals surface area (Å²) in [5, 5.41) is 0. The van der Waals surface area contributed by atoms with Crippen molar-refractivity contribution >= 4 is 8.58 Å². The Balaban J connectivity index is 1.81. The van der Waals surface area contributed by atoms with E-state index in [1.165, 1.54) is 143 Å². The first-order chi connectivity index (χ1) is 13.9. The Morgan fingerprint density at radius 1 is 0.643 bits per heavy atom. The van der Waals surface area contributed by atoms with E-state index in [4.69, 9.17) is 4.74 Å². The smallest absolute Gasteiger partial charge is 0.0812 e. The van der Waals surface area contributed by atoms with Crippen LogP contribution >= 0.6 is 8.58 Å². The summed E-state index contributed by atoms with van der Waals surface area (Å²) in [4.78, 5) is 0. The van der Waals surface area contributed by atoms with E-state index in [1.54, 1.807) is 0 Å². The van der Waals surface area contributed by atoms with Gasteiger partial charge in [0.15, 0.2) is 0 Å². The third kappa shape index (κ3) is 18.4. The van der Waals surface area contributed by atoms with Crippen LogP contribution in [-0.2, 0) is 4.74 Å². The molecule has 0 aromatic heterocycles. The number of epoxide rings is 1. The van der Waals surface area contributed by atoms with Gasteiger partial charge in [0, 0.05) is 0 Å². The van der Waals surface area contributed by atoms with Gasteiger partial charge in [-0.1, -0.05) is 117 Å². The van der Waals surface area contributed by atoms with Crippen LogP contribution in [0, 0.1) is 5.92 Å². The third-order valence-electron chi connectivity index (χ3n) is 6.39. The van der Waals surface area contributed by atoms with Crippen molar-refractivity contribution in [3.63, 3.8) is 0 Å². The van der Waals surface area contributed by atoms with Crippen LogP contribution in [0.5, 0.6) is 0 Å². The summed E-state index contributed by atoms with van der Waals surface area (Å²) >= 11 is 0. The van der Waals surface area contributed by atoms with Crippen molar-refractivity contribution in [2.24, 2.45) is 5.92 Å². The minimum absolute atomic E-state index is 0.633.